The van der Waals surface area contributed by atoms with Crippen LogP contribution in [0, 0.1) is 0 Å². The molecule has 1 aromatic rings. The molecule has 0 aromatic heterocycles. The zero-order valence-electron chi connectivity index (χ0n) is 11.0. The zero-order chi connectivity index (χ0) is 15.4. The van der Waals surface area contributed by atoms with Gasteiger partial charge in [0.1, 0.15) is 0 Å². The fourth-order valence-corrected chi connectivity index (χ4v) is 2.30. The molecule has 0 radical (unpaired) electrons. The Morgan fingerprint density at radius 3 is 2.71 bits per heavy atom. The van der Waals surface area contributed by atoms with E-state index in [1.807, 2.05) is 0 Å². The largest absolute Gasteiger partial charge is 0.493 e. The summed E-state index contributed by atoms with van der Waals surface area (Å²) in [7, 11) is 1.46. The zero-order valence-corrected chi connectivity index (χ0v) is 11.9. The van der Waals surface area contributed by atoms with Crippen LogP contribution in [0.25, 0.3) is 6.08 Å². The number of ether oxygens (including phenoxy) is 2. The summed E-state index contributed by atoms with van der Waals surface area (Å²) >= 11 is 0.818. The van der Waals surface area contributed by atoms with Crippen molar-refractivity contribution in [1.29, 1.82) is 0 Å². The van der Waals surface area contributed by atoms with Gasteiger partial charge in [0.15, 0.2) is 18.1 Å². The number of carbonyl (C=O) groups is 3. The number of rotatable bonds is 5. The third-order valence-electron chi connectivity index (χ3n) is 2.50. The van der Waals surface area contributed by atoms with E-state index in [2.05, 4.69) is 5.32 Å². The lowest BCUT2D eigenvalue weighted by Gasteiger charge is -2.10. The Morgan fingerprint density at radius 1 is 1.38 bits per heavy atom. The molecule has 0 atom stereocenters. The van der Waals surface area contributed by atoms with Gasteiger partial charge in [-0.25, -0.2) is 0 Å². The van der Waals surface area contributed by atoms with Crippen molar-refractivity contribution in [2.24, 2.45) is 5.73 Å². The summed E-state index contributed by atoms with van der Waals surface area (Å²) in [5.74, 6) is -0.309. The molecule has 1 aliphatic rings. The van der Waals surface area contributed by atoms with Gasteiger partial charge in [0.25, 0.3) is 17.1 Å². The first-order valence-corrected chi connectivity index (χ1v) is 6.65. The van der Waals surface area contributed by atoms with Crippen LogP contribution >= 0.6 is 11.8 Å². The Kier molecular flexibility index (Phi) is 4.49. The Labute approximate surface area is 124 Å². The highest BCUT2D eigenvalue weighted by Crippen LogP contribution is 2.31. The van der Waals surface area contributed by atoms with Crippen LogP contribution in [0.3, 0.4) is 0 Å². The maximum Gasteiger partial charge on any atom is 0.290 e. The molecule has 0 spiro atoms. The fraction of sp³-hybridized carbons (Fsp3) is 0.154. The first-order chi connectivity index (χ1) is 9.99. The van der Waals surface area contributed by atoms with Crippen molar-refractivity contribution in [3.8, 4) is 11.5 Å². The van der Waals surface area contributed by atoms with Crippen molar-refractivity contribution in [3.63, 3.8) is 0 Å². The van der Waals surface area contributed by atoms with Crippen LogP contribution < -0.4 is 20.5 Å². The Balaban J connectivity index is 2.27. The highest BCUT2D eigenvalue weighted by Gasteiger charge is 2.25. The lowest BCUT2D eigenvalue weighted by Crippen LogP contribution is -2.20. The molecule has 1 aliphatic heterocycles. The van der Waals surface area contributed by atoms with Crippen molar-refractivity contribution in [2.45, 2.75) is 0 Å². The second-order valence-corrected chi connectivity index (χ2v) is 5.03. The van der Waals surface area contributed by atoms with Gasteiger partial charge in [0.2, 0.25) is 0 Å². The average molecular weight is 308 g/mol. The molecule has 0 saturated carbocycles. The standard InChI is InChI=1S/C13H12N2O5S/c1-19-8-3-2-7(4-9(8)20-6-11(14)16)5-10-12(17)15-13(18)21-10/h2-5H,6H2,1H3,(H2,14,16)(H,15,17,18)/b10-5-. The smallest absolute Gasteiger partial charge is 0.290 e. The molecule has 1 aromatic carbocycles. The summed E-state index contributed by atoms with van der Waals surface area (Å²) in [4.78, 5) is 33.6. The van der Waals surface area contributed by atoms with Crippen molar-refractivity contribution < 1.29 is 23.9 Å². The summed E-state index contributed by atoms with van der Waals surface area (Å²) in [5.41, 5.74) is 5.65. The SMILES string of the molecule is COc1ccc(/C=C2\SC(=O)NC2=O)cc1OCC(N)=O. The normalized spacial score (nSPS) is 16.0. The van der Waals surface area contributed by atoms with Gasteiger partial charge in [-0.05, 0) is 35.5 Å². The van der Waals surface area contributed by atoms with Crippen molar-refractivity contribution >= 4 is 34.9 Å². The molecule has 8 heteroatoms. The van der Waals surface area contributed by atoms with Gasteiger partial charge in [-0.15, -0.1) is 0 Å². The van der Waals surface area contributed by atoms with Gasteiger partial charge in [-0.3, -0.25) is 19.7 Å². The summed E-state index contributed by atoms with van der Waals surface area (Å²) in [6, 6.07) is 4.91. The topological polar surface area (TPSA) is 108 Å². The maximum atomic E-state index is 11.5. The van der Waals surface area contributed by atoms with Crippen LogP contribution in [0.1, 0.15) is 5.56 Å². The molecule has 110 valence electrons. The number of thioether (sulfide) groups is 1. The monoisotopic (exact) mass is 308 g/mol. The predicted octanol–water partition coefficient (Wildman–Crippen LogP) is 0.883. The molecule has 21 heavy (non-hydrogen) atoms. The summed E-state index contributed by atoms with van der Waals surface area (Å²) < 4.78 is 10.3. The quantitative estimate of drug-likeness (QED) is 0.782. The number of methoxy groups -OCH3 is 1. The number of benzene rings is 1. The highest BCUT2D eigenvalue weighted by atomic mass is 32.2. The van der Waals surface area contributed by atoms with Gasteiger partial charge in [-0.1, -0.05) is 6.07 Å². The van der Waals surface area contributed by atoms with E-state index >= 15 is 0 Å². The lowest BCUT2D eigenvalue weighted by atomic mass is 10.2. The molecule has 3 N–H and O–H groups in total. The van der Waals surface area contributed by atoms with E-state index in [9.17, 15) is 14.4 Å². The van der Waals surface area contributed by atoms with E-state index in [1.165, 1.54) is 7.11 Å². The molecule has 0 aliphatic carbocycles. The van der Waals surface area contributed by atoms with E-state index in [-0.39, 0.29) is 11.5 Å². The Morgan fingerprint density at radius 2 is 2.14 bits per heavy atom. The van der Waals surface area contributed by atoms with E-state index in [0.29, 0.717) is 17.1 Å². The van der Waals surface area contributed by atoms with Crippen LogP contribution in [0.2, 0.25) is 0 Å². The second-order valence-electron chi connectivity index (χ2n) is 4.02. The number of hydrogen-bond donors (Lipinski definition) is 2. The molecular formula is C13H12N2O5S. The maximum absolute atomic E-state index is 11.5. The summed E-state index contributed by atoms with van der Waals surface area (Å²) in [6.07, 6.45) is 1.54. The summed E-state index contributed by atoms with van der Waals surface area (Å²) in [6.45, 7) is -0.288. The van der Waals surface area contributed by atoms with Crippen LogP contribution in [0.5, 0.6) is 11.5 Å². The third kappa shape index (κ3) is 3.76. The Hall–Kier alpha value is -2.48. The van der Waals surface area contributed by atoms with E-state index in [4.69, 9.17) is 15.2 Å². The molecular weight excluding hydrogens is 296 g/mol. The van der Waals surface area contributed by atoms with Crippen LogP contribution in [0.15, 0.2) is 23.1 Å². The average Bonchev–Trinajstić information content (AvgIpc) is 2.74. The first kappa shape index (κ1) is 14.9. The van der Waals surface area contributed by atoms with Gasteiger partial charge < -0.3 is 15.2 Å². The number of carbonyl (C=O) groups excluding carboxylic acids is 3. The van der Waals surface area contributed by atoms with Crippen molar-refractivity contribution in [1.82, 2.24) is 5.32 Å². The molecule has 3 amide bonds. The van der Waals surface area contributed by atoms with Crippen molar-refractivity contribution in [2.75, 3.05) is 13.7 Å². The van der Waals surface area contributed by atoms with Gasteiger partial charge in [0, 0.05) is 0 Å². The van der Waals surface area contributed by atoms with Gasteiger partial charge >= 0.3 is 0 Å². The minimum absolute atomic E-state index is 0.283. The minimum atomic E-state index is -0.614. The molecule has 2 rings (SSSR count). The molecule has 0 unspecified atom stereocenters. The second kappa shape index (κ2) is 6.31. The van der Waals surface area contributed by atoms with E-state index in [1.54, 1.807) is 24.3 Å². The first-order valence-electron chi connectivity index (χ1n) is 5.83. The van der Waals surface area contributed by atoms with Crippen LogP contribution in [-0.4, -0.2) is 30.8 Å². The number of nitrogens with two attached hydrogens (primary N) is 1. The highest BCUT2D eigenvalue weighted by molar-refractivity contribution is 8.18. The number of imide groups is 1. The fourth-order valence-electron chi connectivity index (χ4n) is 1.62. The molecule has 1 fully saturated rings. The molecule has 0 bridgehead atoms. The molecule has 1 saturated heterocycles. The van der Waals surface area contributed by atoms with E-state index < -0.39 is 17.1 Å². The van der Waals surface area contributed by atoms with Crippen LogP contribution in [-0.2, 0) is 9.59 Å². The number of primary amides is 1. The molecule has 1 heterocycles. The Bertz CT molecular complexity index is 641. The lowest BCUT2D eigenvalue weighted by molar-refractivity contribution is -0.120. The van der Waals surface area contributed by atoms with Gasteiger partial charge in [-0.2, -0.15) is 0 Å². The predicted molar refractivity (Wildman–Crippen MR) is 76.8 cm³/mol. The van der Waals surface area contributed by atoms with Crippen LogP contribution in [0.4, 0.5) is 4.79 Å². The summed E-state index contributed by atoms with van der Waals surface area (Å²) in [5, 5.41) is 1.75. The third-order valence-corrected chi connectivity index (χ3v) is 3.31. The van der Waals surface area contributed by atoms with Gasteiger partial charge in [0.05, 0.1) is 12.0 Å². The minimum Gasteiger partial charge on any atom is -0.493 e. The number of amides is 3. The van der Waals surface area contributed by atoms with Crippen molar-refractivity contribution in [3.05, 3.63) is 28.7 Å². The molecule has 7 nitrogen and oxygen atoms in total. The number of nitrogens with one attached hydrogen (secondary N) is 1. The number of hydrogen-bond acceptors (Lipinski definition) is 6. The van der Waals surface area contributed by atoms with E-state index in [0.717, 1.165) is 11.8 Å².